The summed E-state index contributed by atoms with van der Waals surface area (Å²) in [7, 11) is -3.28. The molecule has 0 spiro atoms. The van der Waals surface area contributed by atoms with Gasteiger partial charge in [-0.05, 0) is 31.2 Å². The van der Waals surface area contributed by atoms with Crippen LogP contribution in [0.5, 0.6) is 0 Å². The average Bonchev–Trinajstić information content (AvgIpc) is 2.34. The zero-order chi connectivity index (χ0) is 14.6. The molecule has 106 valence electrons. The lowest BCUT2D eigenvalue weighted by atomic mass is 10.2. The molecule has 19 heavy (non-hydrogen) atoms. The van der Waals surface area contributed by atoms with Crippen molar-refractivity contribution in [3.8, 4) is 0 Å². The van der Waals surface area contributed by atoms with Crippen LogP contribution in [0.15, 0.2) is 29.2 Å². The normalized spacial score (nSPS) is 13.0. The number of aliphatic hydroxyl groups excluding tert-OH is 1. The van der Waals surface area contributed by atoms with Crippen LogP contribution in [-0.4, -0.2) is 50.0 Å². The van der Waals surface area contributed by atoms with Gasteiger partial charge in [-0.2, -0.15) is 0 Å². The molecular weight excluding hydrogens is 270 g/mol. The summed E-state index contributed by atoms with van der Waals surface area (Å²) < 4.78 is 22.7. The lowest BCUT2D eigenvalue weighted by Gasteiger charge is -2.28. The maximum absolute atomic E-state index is 11.3. The highest BCUT2D eigenvalue weighted by Gasteiger charge is 2.24. The van der Waals surface area contributed by atoms with Crippen LogP contribution < -0.4 is 4.90 Å². The van der Waals surface area contributed by atoms with Crippen molar-refractivity contribution in [2.75, 3.05) is 24.3 Å². The maximum Gasteiger partial charge on any atom is 0.328 e. The van der Waals surface area contributed by atoms with E-state index >= 15 is 0 Å². The van der Waals surface area contributed by atoms with Gasteiger partial charge in [0.1, 0.15) is 0 Å². The van der Waals surface area contributed by atoms with E-state index < -0.39 is 28.5 Å². The Morgan fingerprint density at radius 2 is 1.84 bits per heavy atom. The largest absolute Gasteiger partial charge is 0.480 e. The summed E-state index contributed by atoms with van der Waals surface area (Å²) >= 11 is 0. The predicted molar refractivity (Wildman–Crippen MR) is 71.1 cm³/mol. The second kappa shape index (κ2) is 6.03. The van der Waals surface area contributed by atoms with Crippen LogP contribution in [0.4, 0.5) is 5.69 Å². The molecule has 0 unspecified atom stereocenters. The number of sulfone groups is 1. The van der Waals surface area contributed by atoms with Gasteiger partial charge in [-0.3, -0.25) is 0 Å². The molecule has 0 bridgehead atoms. The second-order valence-corrected chi connectivity index (χ2v) is 6.10. The van der Waals surface area contributed by atoms with Gasteiger partial charge >= 0.3 is 5.97 Å². The van der Waals surface area contributed by atoms with Gasteiger partial charge in [-0.15, -0.1) is 0 Å². The standard InChI is InChI=1S/C12H17NO5S/c1-3-13(11(8-14)12(15)16)9-4-6-10(7-5-9)19(2,17)18/h4-7,11,14H,3,8H2,1-2H3,(H,15,16)/t11-/m0/s1. The highest BCUT2D eigenvalue weighted by molar-refractivity contribution is 7.90. The summed E-state index contributed by atoms with van der Waals surface area (Å²) in [5.41, 5.74) is 0.552. The van der Waals surface area contributed by atoms with Gasteiger partial charge in [0, 0.05) is 18.5 Å². The Labute approximate surface area is 112 Å². The second-order valence-electron chi connectivity index (χ2n) is 4.09. The van der Waals surface area contributed by atoms with E-state index in [0.717, 1.165) is 6.26 Å². The quantitative estimate of drug-likeness (QED) is 0.784. The lowest BCUT2D eigenvalue weighted by molar-refractivity contribution is -0.139. The molecule has 0 saturated carbocycles. The molecule has 0 fully saturated rings. The van der Waals surface area contributed by atoms with Crippen LogP contribution in [0.2, 0.25) is 0 Å². The van der Waals surface area contributed by atoms with Gasteiger partial charge in [0.15, 0.2) is 15.9 Å². The van der Waals surface area contributed by atoms with E-state index in [9.17, 15) is 13.2 Å². The summed E-state index contributed by atoms with van der Waals surface area (Å²) in [6, 6.07) is 4.86. The Morgan fingerprint density at radius 1 is 1.32 bits per heavy atom. The Hall–Kier alpha value is -1.60. The summed E-state index contributed by atoms with van der Waals surface area (Å²) in [4.78, 5) is 12.7. The molecule has 0 heterocycles. The monoisotopic (exact) mass is 287 g/mol. The molecule has 2 N–H and O–H groups in total. The highest BCUT2D eigenvalue weighted by atomic mass is 32.2. The zero-order valence-corrected chi connectivity index (χ0v) is 11.6. The number of carboxylic acid groups (broad SMARTS) is 1. The fourth-order valence-corrected chi connectivity index (χ4v) is 2.41. The smallest absolute Gasteiger partial charge is 0.328 e. The number of carboxylic acids is 1. The first-order chi connectivity index (χ1) is 8.81. The molecule has 7 heteroatoms. The van der Waals surface area contributed by atoms with Crippen molar-refractivity contribution in [3.05, 3.63) is 24.3 Å². The van der Waals surface area contributed by atoms with Crippen molar-refractivity contribution in [3.63, 3.8) is 0 Å². The molecule has 6 nitrogen and oxygen atoms in total. The number of hydrogen-bond donors (Lipinski definition) is 2. The van der Waals surface area contributed by atoms with Crippen LogP contribution in [0.3, 0.4) is 0 Å². The molecule has 1 aromatic rings. The van der Waals surface area contributed by atoms with Crippen LogP contribution in [-0.2, 0) is 14.6 Å². The Kier molecular flexibility index (Phi) is 4.90. The fourth-order valence-electron chi connectivity index (χ4n) is 1.78. The Balaban J connectivity index is 3.10. The van der Waals surface area contributed by atoms with Gasteiger partial charge in [-0.1, -0.05) is 0 Å². The molecule has 0 aliphatic carbocycles. The zero-order valence-electron chi connectivity index (χ0n) is 10.8. The molecule has 0 radical (unpaired) electrons. The van der Waals surface area contributed by atoms with Crippen LogP contribution in [0.1, 0.15) is 6.92 Å². The summed E-state index contributed by atoms with van der Waals surface area (Å²) in [5, 5.41) is 18.1. The van der Waals surface area contributed by atoms with Crippen LogP contribution in [0, 0.1) is 0 Å². The number of aliphatic hydroxyl groups is 1. The number of hydrogen-bond acceptors (Lipinski definition) is 5. The minimum atomic E-state index is -3.28. The summed E-state index contributed by atoms with van der Waals surface area (Å²) in [6.07, 6.45) is 1.10. The number of carbonyl (C=O) groups is 1. The number of nitrogens with zero attached hydrogens (tertiary/aromatic N) is 1. The van der Waals surface area contributed by atoms with Crippen molar-refractivity contribution < 1.29 is 23.4 Å². The lowest BCUT2D eigenvalue weighted by Crippen LogP contribution is -2.43. The third-order valence-corrected chi connectivity index (χ3v) is 3.90. The minimum absolute atomic E-state index is 0.170. The first kappa shape index (κ1) is 15.5. The third kappa shape index (κ3) is 3.68. The van der Waals surface area contributed by atoms with E-state index in [1.165, 1.54) is 29.2 Å². The van der Waals surface area contributed by atoms with Crippen LogP contribution in [0.25, 0.3) is 0 Å². The molecule has 1 atom stereocenters. The number of aliphatic carboxylic acids is 1. The van der Waals surface area contributed by atoms with E-state index in [0.29, 0.717) is 12.2 Å². The first-order valence-corrected chi connectivity index (χ1v) is 7.60. The Morgan fingerprint density at radius 3 is 2.16 bits per heavy atom. The molecule has 1 rings (SSSR count). The summed E-state index contributed by atoms with van der Waals surface area (Å²) in [5.74, 6) is -1.13. The first-order valence-electron chi connectivity index (χ1n) is 5.71. The molecule has 0 saturated heterocycles. The average molecular weight is 287 g/mol. The van der Waals surface area contributed by atoms with Gasteiger partial charge in [-0.25, -0.2) is 13.2 Å². The maximum atomic E-state index is 11.3. The number of likely N-dealkylation sites (N-methyl/N-ethyl adjacent to an activating group) is 1. The number of anilines is 1. The molecule has 0 aliphatic heterocycles. The number of rotatable bonds is 6. The van der Waals surface area contributed by atoms with Gasteiger partial charge < -0.3 is 15.1 Å². The molecule has 1 aromatic carbocycles. The SMILES string of the molecule is CCN(c1ccc(S(C)(=O)=O)cc1)[C@@H](CO)C(=O)O. The number of benzene rings is 1. The highest BCUT2D eigenvalue weighted by Crippen LogP contribution is 2.20. The van der Waals surface area contributed by atoms with E-state index in [1.54, 1.807) is 6.92 Å². The van der Waals surface area contributed by atoms with Crippen molar-refractivity contribution in [2.45, 2.75) is 17.9 Å². The Bertz CT molecular complexity index is 538. The van der Waals surface area contributed by atoms with Crippen LogP contribution >= 0.6 is 0 Å². The van der Waals surface area contributed by atoms with E-state index in [-0.39, 0.29) is 4.90 Å². The van der Waals surface area contributed by atoms with Gasteiger partial charge in [0.25, 0.3) is 0 Å². The third-order valence-electron chi connectivity index (χ3n) is 2.77. The van der Waals surface area contributed by atoms with Crippen molar-refractivity contribution >= 4 is 21.5 Å². The fraction of sp³-hybridized carbons (Fsp3) is 0.417. The van der Waals surface area contributed by atoms with Gasteiger partial charge in [0.2, 0.25) is 0 Å². The molecule has 0 aliphatic rings. The van der Waals surface area contributed by atoms with Gasteiger partial charge in [0.05, 0.1) is 11.5 Å². The van der Waals surface area contributed by atoms with Crippen molar-refractivity contribution in [1.82, 2.24) is 0 Å². The minimum Gasteiger partial charge on any atom is -0.480 e. The molecule has 0 amide bonds. The van der Waals surface area contributed by atoms with Crippen molar-refractivity contribution in [2.24, 2.45) is 0 Å². The van der Waals surface area contributed by atoms with Crippen molar-refractivity contribution in [1.29, 1.82) is 0 Å². The summed E-state index contributed by atoms with van der Waals surface area (Å²) in [6.45, 7) is 1.63. The van der Waals surface area contributed by atoms with E-state index in [1.807, 2.05) is 0 Å². The topological polar surface area (TPSA) is 94.9 Å². The molecular formula is C12H17NO5S. The predicted octanol–water partition coefficient (Wildman–Crippen LogP) is 0.362. The van der Waals surface area contributed by atoms with E-state index in [2.05, 4.69) is 0 Å². The molecule has 0 aromatic heterocycles. The van der Waals surface area contributed by atoms with E-state index in [4.69, 9.17) is 10.2 Å².